The second-order valence-electron chi connectivity index (χ2n) is 13.5. The molecule has 3 aliphatic carbocycles. The van der Waals surface area contributed by atoms with Gasteiger partial charge in [-0.15, -0.1) is 0 Å². The summed E-state index contributed by atoms with van der Waals surface area (Å²) in [5, 5.41) is 0. The molecule has 0 amide bonds. The highest BCUT2D eigenvalue weighted by molar-refractivity contribution is 5.72. The number of benzene rings is 2. The molecule has 1 heterocycles. The lowest BCUT2D eigenvalue weighted by Crippen LogP contribution is -2.61. The molecule has 4 aliphatic rings. The Morgan fingerprint density at radius 3 is 2.19 bits per heavy atom. The number of likely N-dealkylation sites (tertiary alicyclic amines) is 1. The van der Waals surface area contributed by atoms with Crippen LogP contribution in [0.25, 0.3) is 0 Å². The van der Waals surface area contributed by atoms with Crippen LogP contribution < -0.4 is 9.47 Å². The molecule has 2 saturated carbocycles. The number of esters is 2. The summed E-state index contributed by atoms with van der Waals surface area (Å²) in [5.41, 5.74) is 3.29. The summed E-state index contributed by atoms with van der Waals surface area (Å²) in [4.78, 5) is 27.6. The molecule has 1 saturated heterocycles. The van der Waals surface area contributed by atoms with Crippen molar-refractivity contribution in [3.63, 3.8) is 0 Å². The number of para-hydroxylation sites is 1. The number of unbranched alkanes of at least 4 members (excludes halogenated alkanes) is 5. The van der Waals surface area contributed by atoms with Crippen LogP contribution in [0.3, 0.4) is 0 Å². The van der Waals surface area contributed by atoms with E-state index < -0.39 is 0 Å². The first-order chi connectivity index (χ1) is 20.6. The van der Waals surface area contributed by atoms with Gasteiger partial charge in [0.1, 0.15) is 11.5 Å². The van der Waals surface area contributed by atoms with Crippen molar-refractivity contribution in [2.24, 2.45) is 11.8 Å². The minimum Gasteiger partial charge on any atom is -0.427 e. The summed E-state index contributed by atoms with van der Waals surface area (Å²) >= 11 is 0. The summed E-state index contributed by atoms with van der Waals surface area (Å²) in [6.45, 7) is 2.55. The Hall–Kier alpha value is -2.66. The second-order valence-corrected chi connectivity index (χ2v) is 13.5. The van der Waals surface area contributed by atoms with E-state index >= 15 is 0 Å². The van der Waals surface area contributed by atoms with Crippen LogP contribution in [0.2, 0.25) is 0 Å². The van der Waals surface area contributed by atoms with E-state index in [0.717, 1.165) is 62.5 Å². The molecule has 2 aromatic carbocycles. The molecule has 226 valence electrons. The van der Waals surface area contributed by atoms with Gasteiger partial charge in [-0.25, -0.2) is 0 Å². The number of fused-ring (bicyclic) bond motifs is 1. The van der Waals surface area contributed by atoms with E-state index in [9.17, 15) is 9.59 Å². The van der Waals surface area contributed by atoms with Crippen LogP contribution in [0.5, 0.6) is 11.5 Å². The average molecular weight is 572 g/mol. The predicted molar refractivity (Wildman–Crippen MR) is 166 cm³/mol. The van der Waals surface area contributed by atoms with Crippen molar-refractivity contribution in [1.82, 2.24) is 4.90 Å². The van der Waals surface area contributed by atoms with E-state index in [1.165, 1.54) is 75.6 Å². The smallest absolute Gasteiger partial charge is 0.311 e. The Labute approximate surface area is 252 Å². The molecule has 42 heavy (non-hydrogen) atoms. The summed E-state index contributed by atoms with van der Waals surface area (Å²) < 4.78 is 11.3. The maximum Gasteiger partial charge on any atom is 0.311 e. The van der Waals surface area contributed by atoms with E-state index in [4.69, 9.17) is 9.47 Å². The Balaban J connectivity index is 0.932. The van der Waals surface area contributed by atoms with Crippen molar-refractivity contribution in [1.29, 1.82) is 0 Å². The number of hydrogen-bond acceptors (Lipinski definition) is 5. The molecule has 0 aromatic heterocycles. The third-order valence-electron chi connectivity index (χ3n) is 10.9. The third-order valence-corrected chi connectivity index (χ3v) is 10.9. The molecular formula is C37H49NO4. The van der Waals surface area contributed by atoms with Crippen LogP contribution in [0, 0.1) is 11.8 Å². The van der Waals surface area contributed by atoms with Crippen LogP contribution >= 0.6 is 0 Å². The molecule has 6 rings (SSSR count). The third kappa shape index (κ3) is 6.77. The van der Waals surface area contributed by atoms with Gasteiger partial charge in [0.15, 0.2) is 0 Å². The maximum atomic E-state index is 12.7. The molecule has 2 bridgehead atoms. The minimum absolute atomic E-state index is 0.111. The molecule has 0 spiro atoms. The highest BCUT2D eigenvalue weighted by Crippen LogP contribution is 2.56. The van der Waals surface area contributed by atoms with Gasteiger partial charge in [0.05, 0.1) is 0 Å². The van der Waals surface area contributed by atoms with Crippen molar-refractivity contribution in [2.45, 2.75) is 121 Å². The fourth-order valence-corrected chi connectivity index (χ4v) is 8.46. The lowest BCUT2D eigenvalue weighted by atomic mass is 9.52. The van der Waals surface area contributed by atoms with Crippen molar-refractivity contribution in [3.05, 3.63) is 59.7 Å². The monoisotopic (exact) mass is 571 g/mol. The lowest BCUT2D eigenvalue weighted by molar-refractivity contribution is -0.135. The number of nitrogens with zero attached hydrogens (tertiary/aromatic N) is 1. The zero-order valence-corrected chi connectivity index (χ0v) is 25.4. The van der Waals surface area contributed by atoms with Gasteiger partial charge >= 0.3 is 11.9 Å². The van der Waals surface area contributed by atoms with E-state index in [1.807, 2.05) is 24.3 Å². The normalized spacial score (nSPS) is 25.1. The van der Waals surface area contributed by atoms with Crippen molar-refractivity contribution in [2.75, 3.05) is 13.1 Å². The second kappa shape index (κ2) is 13.8. The average Bonchev–Trinajstić information content (AvgIpc) is 2.98. The van der Waals surface area contributed by atoms with E-state index in [2.05, 4.69) is 17.0 Å². The van der Waals surface area contributed by atoms with Crippen LogP contribution in [0.15, 0.2) is 48.5 Å². The molecule has 0 N–H and O–H groups in total. The fourth-order valence-electron chi connectivity index (χ4n) is 8.46. The molecule has 5 nitrogen and oxygen atoms in total. The quantitative estimate of drug-likeness (QED) is 0.138. The lowest BCUT2D eigenvalue weighted by Gasteiger charge is -2.59. The van der Waals surface area contributed by atoms with Crippen LogP contribution in [-0.2, 0) is 21.4 Å². The maximum absolute atomic E-state index is 12.7. The van der Waals surface area contributed by atoms with E-state index in [-0.39, 0.29) is 17.4 Å². The topological polar surface area (TPSA) is 55.8 Å². The predicted octanol–water partition coefficient (Wildman–Crippen LogP) is 8.18. The first-order valence-electron chi connectivity index (χ1n) is 16.9. The minimum atomic E-state index is -0.168. The first kappa shape index (κ1) is 29.4. The number of carbonyl (C=O) groups is 2. The van der Waals surface area contributed by atoms with Crippen LogP contribution in [0.1, 0.15) is 114 Å². The van der Waals surface area contributed by atoms with Gasteiger partial charge in [-0.3, -0.25) is 14.5 Å². The van der Waals surface area contributed by atoms with Gasteiger partial charge in [0.2, 0.25) is 0 Å². The molecule has 3 fully saturated rings. The molecule has 3 atom stereocenters. The zero-order valence-electron chi connectivity index (χ0n) is 25.4. The molecule has 1 aliphatic heterocycles. The number of hydrogen-bond donors (Lipinski definition) is 0. The number of rotatable bonds is 13. The van der Waals surface area contributed by atoms with Crippen LogP contribution in [0.4, 0.5) is 0 Å². The van der Waals surface area contributed by atoms with Gasteiger partial charge in [0.25, 0.3) is 0 Å². The van der Waals surface area contributed by atoms with E-state index in [1.54, 1.807) is 12.1 Å². The standard InChI is InChI=1S/C37H49NO4/c39-35(41-30-15-6-5-7-16-30)18-8-3-1-2-4-9-19-36(40)42-31-21-20-29-25-34-32-17-10-11-22-37(32,33(29)26-31)23-24-38(34)27-28-13-12-14-28/h5-7,15-16,20-21,26,28,32,34H,1-4,8-14,17-19,22-25,27H2/t32-,34-,37-/m0/s1. The Bertz CT molecular complexity index is 1210. The Morgan fingerprint density at radius 1 is 0.762 bits per heavy atom. The molecule has 0 unspecified atom stereocenters. The van der Waals surface area contributed by atoms with E-state index in [0.29, 0.717) is 24.6 Å². The van der Waals surface area contributed by atoms with Crippen LogP contribution in [-0.4, -0.2) is 36.0 Å². The van der Waals surface area contributed by atoms with Gasteiger partial charge in [-0.2, -0.15) is 0 Å². The van der Waals surface area contributed by atoms with Gasteiger partial charge < -0.3 is 9.47 Å². The SMILES string of the molecule is O=C(CCCCCCCCC(=O)Oc1ccc2c(c1)[C@]13CCCC[C@H]1[C@H](C2)N(CC1CCC1)CC3)Oc1ccccc1. The largest absolute Gasteiger partial charge is 0.427 e. The number of piperidine rings is 1. The highest BCUT2D eigenvalue weighted by atomic mass is 16.5. The van der Waals surface area contributed by atoms with Crippen molar-refractivity contribution in [3.8, 4) is 11.5 Å². The number of carbonyl (C=O) groups excluding carboxylic acids is 2. The Kier molecular flexibility index (Phi) is 9.63. The molecule has 2 aromatic rings. The van der Waals surface area contributed by atoms with Gasteiger partial charge in [-0.1, -0.05) is 69.2 Å². The molecule has 0 radical (unpaired) electrons. The summed E-state index contributed by atoms with van der Waals surface area (Å²) in [5.74, 6) is 2.76. The van der Waals surface area contributed by atoms with Gasteiger partial charge in [0, 0.05) is 30.8 Å². The molecule has 5 heteroatoms. The van der Waals surface area contributed by atoms with Crippen molar-refractivity contribution >= 4 is 11.9 Å². The first-order valence-corrected chi connectivity index (χ1v) is 16.9. The summed E-state index contributed by atoms with van der Waals surface area (Å²) in [6.07, 6.45) is 18.8. The fraction of sp³-hybridized carbons (Fsp3) is 0.622. The van der Waals surface area contributed by atoms with Crippen molar-refractivity contribution < 1.29 is 19.1 Å². The molecular weight excluding hydrogens is 522 g/mol. The Morgan fingerprint density at radius 2 is 1.48 bits per heavy atom. The summed E-state index contributed by atoms with van der Waals surface area (Å²) in [6, 6.07) is 16.5. The number of ether oxygens (including phenoxy) is 2. The summed E-state index contributed by atoms with van der Waals surface area (Å²) in [7, 11) is 0. The van der Waals surface area contributed by atoms with Gasteiger partial charge in [-0.05, 0) is 105 Å². The highest BCUT2D eigenvalue weighted by Gasteiger charge is 2.54. The zero-order chi connectivity index (χ0) is 28.8.